The number of hydrogen-bond donors (Lipinski definition) is 2. The van der Waals surface area contributed by atoms with Gasteiger partial charge < -0.3 is 10.2 Å². The average molecular weight is 505 g/mol. The lowest BCUT2D eigenvalue weighted by Crippen LogP contribution is -2.59. The third-order valence-corrected chi connectivity index (χ3v) is 9.25. The van der Waals surface area contributed by atoms with Gasteiger partial charge in [0.15, 0.2) is 0 Å². The van der Waals surface area contributed by atoms with Crippen LogP contribution in [-0.4, -0.2) is 68.2 Å². The van der Waals surface area contributed by atoms with Crippen LogP contribution in [0.5, 0.6) is 0 Å². The summed E-state index contributed by atoms with van der Waals surface area (Å²) in [4.78, 5) is 29.0. The molecule has 0 fully saturated rings. The Bertz CT molecular complexity index is 845. The van der Waals surface area contributed by atoms with Gasteiger partial charge in [-0.25, -0.2) is 0 Å². The lowest BCUT2D eigenvalue weighted by atomic mass is 9.60. The zero-order chi connectivity index (χ0) is 27.7. The molecule has 0 amide bonds. The molecule has 36 heavy (non-hydrogen) atoms. The molecule has 0 atom stereocenters. The van der Waals surface area contributed by atoms with E-state index in [-0.39, 0.29) is 28.6 Å². The molecule has 2 N–H and O–H groups in total. The Morgan fingerprint density at radius 2 is 1.14 bits per heavy atom. The van der Waals surface area contributed by atoms with Gasteiger partial charge in [-0.3, -0.25) is 19.4 Å². The van der Waals surface area contributed by atoms with Gasteiger partial charge in [-0.15, -0.1) is 0 Å². The van der Waals surface area contributed by atoms with Gasteiger partial charge >= 0.3 is 11.9 Å². The monoisotopic (exact) mass is 504 g/mol. The fraction of sp³-hybridized carbons (Fsp3) is 0.800. The summed E-state index contributed by atoms with van der Waals surface area (Å²) in [6.45, 7) is 17.6. The third-order valence-electron chi connectivity index (χ3n) is 9.25. The van der Waals surface area contributed by atoms with E-state index in [9.17, 15) is 14.7 Å². The second kappa shape index (κ2) is 10.6. The van der Waals surface area contributed by atoms with Crippen LogP contribution < -0.4 is 0 Å². The van der Waals surface area contributed by atoms with Crippen molar-refractivity contribution in [2.75, 3.05) is 14.1 Å². The van der Waals surface area contributed by atoms with E-state index in [1.54, 1.807) is 0 Å². The molecule has 6 nitrogen and oxygen atoms in total. The number of carboxylic acids is 2. The number of likely N-dealkylation sites (N-methyl/N-ethyl adjacent to an activating group) is 2. The molecule has 0 aliphatic carbocycles. The zero-order valence-electron chi connectivity index (χ0n) is 24.6. The molecule has 0 aromatic heterocycles. The SMILES string of the molecule is CN1C(C)(C)C=C(C(CCCCCCCC(=O)O)(C(=O)O)C2=CC(C)(C)N(C)C(C)(C)C2)CC1(C)C. The predicted molar refractivity (Wildman–Crippen MR) is 147 cm³/mol. The van der Waals surface area contributed by atoms with Crippen molar-refractivity contribution in [3.63, 3.8) is 0 Å². The Balaban J connectivity index is 2.54. The quantitative estimate of drug-likeness (QED) is 0.247. The van der Waals surface area contributed by atoms with Crippen LogP contribution in [0.1, 0.15) is 113 Å². The molecule has 0 aromatic rings. The molecule has 0 saturated heterocycles. The van der Waals surface area contributed by atoms with Crippen LogP contribution in [0.4, 0.5) is 0 Å². The van der Waals surface area contributed by atoms with Crippen LogP contribution in [0.15, 0.2) is 23.3 Å². The van der Waals surface area contributed by atoms with Crippen LogP contribution in [0.2, 0.25) is 0 Å². The summed E-state index contributed by atoms with van der Waals surface area (Å²) in [6, 6.07) is 0. The van der Waals surface area contributed by atoms with E-state index in [1.165, 1.54) is 0 Å². The molecular weight excluding hydrogens is 452 g/mol. The molecule has 0 bridgehead atoms. The van der Waals surface area contributed by atoms with E-state index in [1.807, 2.05) is 0 Å². The average Bonchev–Trinajstić information content (AvgIpc) is 2.70. The van der Waals surface area contributed by atoms with Crippen LogP contribution in [0.25, 0.3) is 0 Å². The van der Waals surface area contributed by atoms with E-state index in [0.29, 0.717) is 25.7 Å². The van der Waals surface area contributed by atoms with Crippen molar-refractivity contribution in [3.8, 4) is 0 Å². The first-order valence-corrected chi connectivity index (χ1v) is 13.7. The summed E-state index contributed by atoms with van der Waals surface area (Å²) in [5.74, 6) is -1.49. The first kappa shape index (κ1) is 30.6. The number of carboxylic acid groups (broad SMARTS) is 2. The molecule has 0 radical (unpaired) electrons. The summed E-state index contributed by atoms with van der Waals surface area (Å²) in [5.41, 5.74) is 0.196. The van der Waals surface area contributed by atoms with Crippen LogP contribution in [-0.2, 0) is 9.59 Å². The fourth-order valence-corrected chi connectivity index (χ4v) is 6.53. The summed E-state index contributed by atoms with van der Waals surface area (Å²) in [7, 11) is 4.27. The molecule has 6 heteroatoms. The highest BCUT2D eigenvalue weighted by atomic mass is 16.4. The second-order valence-electron chi connectivity index (χ2n) is 13.6. The Morgan fingerprint density at radius 3 is 1.50 bits per heavy atom. The van der Waals surface area contributed by atoms with Gasteiger partial charge in [0.1, 0.15) is 5.41 Å². The molecule has 0 saturated carbocycles. The zero-order valence-corrected chi connectivity index (χ0v) is 24.6. The Labute approximate surface area is 219 Å². The van der Waals surface area contributed by atoms with Crippen molar-refractivity contribution in [3.05, 3.63) is 23.3 Å². The molecule has 2 aliphatic rings. The van der Waals surface area contributed by atoms with E-state index < -0.39 is 17.4 Å². The number of unbranched alkanes of at least 4 members (excludes halogenated alkanes) is 4. The number of carbonyl (C=O) groups is 2. The molecule has 0 unspecified atom stereocenters. The van der Waals surface area contributed by atoms with E-state index in [4.69, 9.17) is 5.11 Å². The van der Waals surface area contributed by atoms with Crippen molar-refractivity contribution in [1.82, 2.24) is 9.80 Å². The maximum Gasteiger partial charge on any atom is 0.317 e. The molecule has 2 rings (SSSR count). The van der Waals surface area contributed by atoms with Crippen molar-refractivity contribution in [2.24, 2.45) is 5.41 Å². The third kappa shape index (κ3) is 6.24. The van der Waals surface area contributed by atoms with Crippen molar-refractivity contribution >= 4 is 11.9 Å². The Morgan fingerprint density at radius 1 is 0.750 bits per heavy atom. The van der Waals surface area contributed by atoms with Gasteiger partial charge in [-0.05, 0) is 106 Å². The van der Waals surface area contributed by atoms with E-state index >= 15 is 0 Å². The van der Waals surface area contributed by atoms with Gasteiger partial charge in [0.05, 0.1) is 0 Å². The van der Waals surface area contributed by atoms with Gasteiger partial charge in [-0.1, -0.05) is 37.8 Å². The first-order valence-electron chi connectivity index (χ1n) is 13.7. The highest BCUT2D eigenvalue weighted by molar-refractivity contribution is 5.83. The van der Waals surface area contributed by atoms with Crippen molar-refractivity contribution in [1.29, 1.82) is 0 Å². The minimum absolute atomic E-state index is 0.165. The smallest absolute Gasteiger partial charge is 0.317 e. The molecule has 0 aromatic carbocycles. The van der Waals surface area contributed by atoms with Gasteiger partial charge in [0, 0.05) is 28.6 Å². The number of rotatable bonds is 11. The number of nitrogens with zero attached hydrogens (tertiary/aromatic N) is 2. The normalized spacial score (nSPS) is 23.6. The second-order valence-corrected chi connectivity index (χ2v) is 13.6. The molecule has 0 spiro atoms. The Hall–Kier alpha value is -1.66. The van der Waals surface area contributed by atoms with Crippen molar-refractivity contribution in [2.45, 2.75) is 135 Å². The molecule has 2 heterocycles. The standard InChI is InChI=1S/C30H52N2O4/c1-26(2)18-22(19-27(3,4)31(26)9)30(25(35)36,17-15-13-11-12-14-16-24(33)34)23-20-28(5,6)32(10)29(7,8)21-23/h18,20H,11-17,19,21H2,1-10H3,(H,33,34)(H,35,36). The summed E-state index contributed by atoms with van der Waals surface area (Å²) >= 11 is 0. The molecule has 206 valence electrons. The van der Waals surface area contributed by atoms with E-state index in [2.05, 4.69) is 91.4 Å². The summed E-state index contributed by atoms with van der Waals surface area (Å²) in [5, 5.41) is 20.0. The van der Waals surface area contributed by atoms with E-state index in [0.717, 1.165) is 36.8 Å². The lowest BCUT2D eigenvalue weighted by Gasteiger charge is -2.55. The Kier molecular flexibility index (Phi) is 9.00. The van der Waals surface area contributed by atoms with Gasteiger partial charge in [-0.2, -0.15) is 0 Å². The first-order chi connectivity index (χ1) is 16.3. The predicted octanol–water partition coefficient (Wildman–Crippen LogP) is 6.51. The maximum absolute atomic E-state index is 13.5. The van der Waals surface area contributed by atoms with Crippen LogP contribution in [0.3, 0.4) is 0 Å². The lowest BCUT2D eigenvalue weighted by molar-refractivity contribution is -0.146. The molecule has 2 aliphatic heterocycles. The highest BCUT2D eigenvalue weighted by Gasteiger charge is 2.53. The topological polar surface area (TPSA) is 81.1 Å². The minimum Gasteiger partial charge on any atom is -0.481 e. The van der Waals surface area contributed by atoms with Crippen LogP contribution in [0, 0.1) is 5.41 Å². The van der Waals surface area contributed by atoms with Gasteiger partial charge in [0.2, 0.25) is 0 Å². The summed E-state index contributed by atoms with van der Waals surface area (Å²) < 4.78 is 0. The van der Waals surface area contributed by atoms with Crippen molar-refractivity contribution < 1.29 is 19.8 Å². The van der Waals surface area contributed by atoms with Crippen LogP contribution >= 0.6 is 0 Å². The summed E-state index contributed by atoms with van der Waals surface area (Å²) in [6.07, 6.45) is 10.9. The largest absolute Gasteiger partial charge is 0.481 e. The number of hydrogen-bond acceptors (Lipinski definition) is 4. The fourth-order valence-electron chi connectivity index (χ4n) is 6.53. The van der Waals surface area contributed by atoms with Gasteiger partial charge in [0.25, 0.3) is 0 Å². The number of aliphatic carboxylic acids is 2. The maximum atomic E-state index is 13.5. The highest BCUT2D eigenvalue weighted by Crippen LogP contribution is 2.53. The minimum atomic E-state index is -1.04. The molecular formula is C30H52N2O4.